The minimum atomic E-state index is 0.315. The molecule has 0 heterocycles. The minimum Gasteiger partial charge on any atom is -0.463 e. The summed E-state index contributed by atoms with van der Waals surface area (Å²) in [5.41, 5.74) is 8.29. The summed E-state index contributed by atoms with van der Waals surface area (Å²) >= 11 is 0. The Morgan fingerprint density at radius 3 is 2.92 bits per heavy atom. The maximum absolute atomic E-state index is 9.91. The molecule has 0 fully saturated rings. The highest BCUT2D eigenvalue weighted by Crippen LogP contribution is 2.12. The molecule has 0 aliphatic heterocycles. The summed E-state index contributed by atoms with van der Waals surface area (Å²) < 4.78 is 4.62. The molecule has 0 saturated heterocycles. The Labute approximate surface area is 71.1 Å². The predicted molar refractivity (Wildman–Crippen MR) is 46.4 cm³/mol. The van der Waals surface area contributed by atoms with E-state index >= 15 is 0 Å². The van der Waals surface area contributed by atoms with Crippen molar-refractivity contribution in [2.75, 3.05) is 5.73 Å². The lowest BCUT2D eigenvalue weighted by atomic mass is 10.1. The molecule has 12 heavy (non-hydrogen) atoms. The molecule has 0 amide bonds. The van der Waals surface area contributed by atoms with Gasteiger partial charge in [-0.05, 0) is 30.2 Å². The van der Waals surface area contributed by atoms with Gasteiger partial charge in [-0.2, -0.15) is 0 Å². The number of hydrogen-bond donors (Lipinski definition) is 1. The first-order valence-corrected chi connectivity index (χ1v) is 3.64. The number of anilines is 1. The smallest absolute Gasteiger partial charge is 0.293 e. The first-order valence-electron chi connectivity index (χ1n) is 3.64. The molecular formula is C9H11NO2. The number of carbonyl (C=O) groups is 1. The lowest BCUT2D eigenvalue weighted by Gasteiger charge is -2.04. The molecule has 3 heteroatoms. The highest BCUT2D eigenvalue weighted by atomic mass is 16.5. The van der Waals surface area contributed by atoms with Gasteiger partial charge in [0.25, 0.3) is 6.47 Å². The molecule has 3 nitrogen and oxygen atoms in total. The fourth-order valence-electron chi connectivity index (χ4n) is 1.00. The second-order valence-corrected chi connectivity index (χ2v) is 2.59. The molecule has 0 aliphatic carbocycles. The normalized spacial score (nSPS) is 9.42. The van der Waals surface area contributed by atoms with Crippen LogP contribution in [0.1, 0.15) is 11.1 Å². The largest absolute Gasteiger partial charge is 0.463 e. The van der Waals surface area contributed by atoms with Gasteiger partial charge in [0.15, 0.2) is 0 Å². The van der Waals surface area contributed by atoms with E-state index in [2.05, 4.69) is 4.74 Å². The Hall–Kier alpha value is -1.51. The van der Waals surface area contributed by atoms with Crippen LogP contribution in [0.2, 0.25) is 0 Å². The van der Waals surface area contributed by atoms with Crippen LogP contribution in [-0.2, 0) is 16.1 Å². The topological polar surface area (TPSA) is 52.3 Å². The van der Waals surface area contributed by atoms with Crippen molar-refractivity contribution in [1.82, 2.24) is 0 Å². The van der Waals surface area contributed by atoms with Crippen LogP contribution in [0.25, 0.3) is 0 Å². The second-order valence-electron chi connectivity index (χ2n) is 2.59. The van der Waals surface area contributed by atoms with E-state index in [1.165, 1.54) is 0 Å². The molecule has 0 unspecified atom stereocenters. The van der Waals surface area contributed by atoms with Crippen LogP contribution in [0.5, 0.6) is 0 Å². The van der Waals surface area contributed by atoms with Crippen LogP contribution in [0.15, 0.2) is 18.2 Å². The molecule has 0 aliphatic rings. The van der Waals surface area contributed by atoms with Crippen molar-refractivity contribution in [3.8, 4) is 0 Å². The highest BCUT2D eigenvalue weighted by Gasteiger charge is 1.97. The summed E-state index contributed by atoms with van der Waals surface area (Å²) in [6.07, 6.45) is 0. The van der Waals surface area contributed by atoms with E-state index in [-0.39, 0.29) is 0 Å². The quantitative estimate of drug-likeness (QED) is 0.541. The van der Waals surface area contributed by atoms with Gasteiger partial charge in [0.1, 0.15) is 6.61 Å². The van der Waals surface area contributed by atoms with Crippen LogP contribution in [0.3, 0.4) is 0 Å². The average molecular weight is 165 g/mol. The monoisotopic (exact) mass is 165 g/mol. The van der Waals surface area contributed by atoms with E-state index < -0.39 is 0 Å². The van der Waals surface area contributed by atoms with E-state index in [9.17, 15) is 4.79 Å². The molecule has 0 aromatic heterocycles. The zero-order valence-electron chi connectivity index (χ0n) is 6.91. The van der Waals surface area contributed by atoms with Gasteiger partial charge in [-0.25, -0.2) is 0 Å². The Kier molecular flexibility index (Phi) is 2.69. The van der Waals surface area contributed by atoms with Crippen molar-refractivity contribution in [2.45, 2.75) is 13.5 Å². The van der Waals surface area contributed by atoms with E-state index in [0.29, 0.717) is 13.1 Å². The van der Waals surface area contributed by atoms with Crippen molar-refractivity contribution in [3.05, 3.63) is 29.3 Å². The zero-order valence-corrected chi connectivity index (χ0v) is 6.91. The van der Waals surface area contributed by atoms with Gasteiger partial charge in [0.05, 0.1) is 0 Å². The number of rotatable bonds is 3. The molecule has 0 bridgehead atoms. The van der Waals surface area contributed by atoms with Crippen LogP contribution in [-0.4, -0.2) is 6.47 Å². The third kappa shape index (κ3) is 1.99. The number of nitrogens with two attached hydrogens (primary N) is 1. The maximum atomic E-state index is 9.91. The van der Waals surface area contributed by atoms with Crippen LogP contribution >= 0.6 is 0 Å². The standard InChI is InChI=1S/C9H11NO2/c1-7-4-9(10)3-2-8(7)5-12-6-11/h2-4,6H,5,10H2,1H3. The third-order valence-corrected chi connectivity index (χ3v) is 1.67. The molecule has 1 rings (SSSR count). The van der Waals surface area contributed by atoms with E-state index in [4.69, 9.17) is 5.73 Å². The molecule has 1 aromatic carbocycles. The summed E-state index contributed by atoms with van der Waals surface area (Å²) in [6, 6.07) is 5.49. The average Bonchev–Trinajstić information content (AvgIpc) is 2.03. The first kappa shape index (κ1) is 8.59. The summed E-state index contributed by atoms with van der Waals surface area (Å²) in [6.45, 7) is 2.69. The van der Waals surface area contributed by atoms with Gasteiger partial charge in [0, 0.05) is 5.69 Å². The summed E-state index contributed by atoms with van der Waals surface area (Å²) in [5, 5.41) is 0. The molecule has 0 saturated carbocycles. The predicted octanol–water partition coefficient (Wildman–Crippen LogP) is 1.25. The van der Waals surface area contributed by atoms with Gasteiger partial charge in [-0.15, -0.1) is 0 Å². The Balaban J connectivity index is 2.78. The molecule has 0 atom stereocenters. The fourth-order valence-corrected chi connectivity index (χ4v) is 1.00. The number of carbonyl (C=O) groups excluding carboxylic acids is 1. The summed E-state index contributed by atoms with van der Waals surface area (Å²) in [7, 11) is 0. The SMILES string of the molecule is Cc1cc(N)ccc1COC=O. The minimum absolute atomic E-state index is 0.315. The molecule has 0 spiro atoms. The Bertz CT molecular complexity index is 284. The second kappa shape index (κ2) is 3.76. The molecule has 2 N–H and O–H groups in total. The summed E-state index contributed by atoms with van der Waals surface area (Å²) in [4.78, 5) is 9.91. The Morgan fingerprint density at radius 1 is 1.58 bits per heavy atom. The number of hydrogen-bond acceptors (Lipinski definition) is 3. The van der Waals surface area contributed by atoms with Crippen molar-refractivity contribution in [3.63, 3.8) is 0 Å². The van der Waals surface area contributed by atoms with Gasteiger partial charge < -0.3 is 10.5 Å². The van der Waals surface area contributed by atoms with Crippen LogP contribution < -0.4 is 5.73 Å². The maximum Gasteiger partial charge on any atom is 0.293 e. The fraction of sp³-hybridized carbons (Fsp3) is 0.222. The molecular weight excluding hydrogens is 154 g/mol. The van der Waals surface area contributed by atoms with Gasteiger partial charge in [-0.1, -0.05) is 6.07 Å². The molecule has 64 valence electrons. The molecule has 1 aromatic rings. The first-order chi connectivity index (χ1) is 5.74. The Morgan fingerprint density at radius 2 is 2.33 bits per heavy atom. The number of ether oxygens (including phenoxy) is 1. The van der Waals surface area contributed by atoms with Crippen molar-refractivity contribution >= 4 is 12.2 Å². The lowest BCUT2D eigenvalue weighted by Crippen LogP contribution is -1.95. The highest BCUT2D eigenvalue weighted by molar-refractivity contribution is 5.44. The van der Waals surface area contributed by atoms with Crippen LogP contribution in [0, 0.1) is 6.92 Å². The van der Waals surface area contributed by atoms with Crippen molar-refractivity contribution in [2.24, 2.45) is 0 Å². The van der Waals surface area contributed by atoms with Gasteiger partial charge >= 0.3 is 0 Å². The van der Waals surface area contributed by atoms with Crippen molar-refractivity contribution < 1.29 is 9.53 Å². The van der Waals surface area contributed by atoms with Crippen molar-refractivity contribution in [1.29, 1.82) is 0 Å². The van der Waals surface area contributed by atoms with Gasteiger partial charge in [0.2, 0.25) is 0 Å². The summed E-state index contributed by atoms with van der Waals surface area (Å²) in [5.74, 6) is 0. The number of benzene rings is 1. The van der Waals surface area contributed by atoms with Gasteiger partial charge in [-0.3, -0.25) is 4.79 Å². The zero-order chi connectivity index (χ0) is 8.97. The van der Waals surface area contributed by atoms with E-state index in [0.717, 1.165) is 16.8 Å². The van der Waals surface area contributed by atoms with E-state index in [1.807, 2.05) is 19.1 Å². The lowest BCUT2D eigenvalue weighted by molar-refractivity contribution is -0.129. The third-order valence-electron chi connectivity index (χ3n) is 1.67. The van der Waals surface area contributed by atoms with E-state index in [1.54, 1.807) is 6.07 Å². The van der Waals surface area contributed by atoms with Crippen LogP contribution in [0.4, 0.5) is 5.69 Å². The number of aryl methyl sites for hydroxylation is 1. The number of nitrogen functional groups attached to an aromatic ring is 1. The molecule has 0 radical (unpaired) electrons.